The van der Waals surface area contributed by atoms with Crippen LogP contribution in [0, 0.1) is 0 Å². The van der Waals surface area contributed by atoms with E-state index < -0.39 is 20.3 Å². The molecule has 0 saturated heterocycles. The van der Waals surface area contributed by atoms with Gasteiger partial charge in [0.25, 0.3) is 0 Å². The number of rotatable bonds is 4. The summed E-state index contributed by atoms with van der Waals surface area (Å²) < 4.78 is 22.8. The summed E-state index contributed by atoms with van der Waals surface area (Å²) in [4.78, 5) is 11.1. The Morgan fingerprint density at radius 2 is 1.67 bits per heavy atom. The first kappa shape index (κ1) is 11.6. The maximum Gasteiger partial charge on any atom is 0.162 e. The van der Waals surface area contributed by atoms with Crippen molar-refractivity contribution in [3.05, 3.63) is 0 Å². The highest BCUT2D eigenvalue weighted by Crippen LogP contribution is 2.10. The first-order chi connectivity index (χ1) is 5.34. The summed E-state index contributed by atoms with van der Waals surface area (Å²) in [6.45, 7) is 6.32. The quantitative estimate of drug-likeness (QED) is 0.672. The van der Waals surface area contributed by atoms with Gasteiger partial charge in [-0.2, -0.15) is 0 Å². The van der Waals surface area contributed by atoms with Crippen LogP contribution in [0.5, 0.6) is 0 Å². The lowest BCUT2D eigenvalue weighted by molar-refractivity contribution is -0.118. The van der Waals surface area contributed by atoms with Gasteiger partial charge in [-0.1, -0.05) is 6.92 Å². The zero-order chi connectivity index (χ0) is 9.94. The SMILES string of the molecule is CCC(=O)C(C)S(=O)(=O)C(C)C. The predicted molar refractivity (Wildman–Crippen MR) is 48.8 cm³/mol. The van der Waals surface area contributed by atoms with Crippen LogP contribution in [0.1, 0.15) is 34.1 Å². The van der Waals surface area contributed by atoms with Crippen LogP contribution in [0.25, 0.3) is 0 Å². The lowest BCUT2D eigenvalue weighted by atomic mass is 10.2. The highest BCUT2D eigenvalue weighted by Gasteiger charge is 2.29. The first-order valence-electron chi connectivity index (χ1n) is 4.09. The summed E-state index contributed by atoms with van der Waals surface area (Å²) in [5, 5.41) is -1.31. The van der Waals surface area contributed by atoms with E-state index in [4.69, 9.17) is 0 Å². The molecule has 0 N–H and O–H groups in total. The maximum absolute atomic E-state index is 11.4. The van der Waals surface area contributed by atoms with Crippen LogP contribution >= 0.6 is 0 Å². The summed E-state index contributed by atoms with van der Waals surface area (Å²) in [5.41, 5.74) is 0. The molecule has 0 heterocycles. The molecule has 0 bridgehead atoms. The molecule has 0 spiro atoms. The smallest absolute Gasteiger partial charge is 0.162 e. The van der Waals surface area contributed by atoms with Crippen LogP contribution in [0.3, 0.4) is 0 Å². The Kier molecular flexibility index (Phi) is 3.90. The molecule has 4 heteroatoms. The third kappa shape index (κ3) is 2.30. The van der Waals surface area contributed by atoms with E-state index in [1.54, 1.807) is 20.8 Å². The second-order valence-corrected chi connectivity index (χ2v) is 5.93. The van der Waals surface area contributed by atoms with Gasteiger partial charge in [-0.25, -0.2) is 8.42 Å². The van der Waals surface area contributed by atoms with Crippen molar-refractivity contribution in [1.82, 2.24) is 0 Å². The average Bonchev–Trinajstić information content (AvgIpc) is 2.01. The minimum absolute atomic E-state index is 0.205. The number of ketones is 1. The molecule has 0 aromatic heterocycles. The molecule has 0 fully saturated rings. The van der Waals surface area contributed by atoms with Crippen molar-refractivity contribution in [3.8, 4) is 0 Å². The van der Waals surface area contributed by atoms with Gasteiger partial charge in [-0.15, -0.1) is 0 Å². The van der Waals surface area contributed by atoms with Crippen LogP contribution < -0.4 is 0 Å². The van der Waals surface area contributed by atoms with E-state index in [0.717, 1.165) is 0 Å². The third-order valence-corrected chi connectivity index (χ3v) is 4.51. The van der Waals surface area contributed by atoms with Crippen molar-refractivity contribution in [2.45, 2.75) is 44.6 Å². The fourth-order valence-electron chi connectivity index (χ4n) is 0.879. The second-order valence-electron chi connectivity index (χ2n) is 3.10. The standard InChI is InChI=1S/C8H16O3S/c1-5-8(9)7(4)12(10,11)6(2)3/h6-7H,5H2,1-4H3. The molecule has 1 unspecified atom stereocenters. The Labute approximate surface area is 74.1 Å². The van der Waals surface area contributed by atoms with Gasteiger partial charge in [-0.3, -0.25) is 4.79 Å². The lowest BCUT2D eigenvalue weighted by Gasteiger charge is -2.13. The summed E-state index contributed by atoms with van der Waals surface area (Å²) in [7, 11) is -3.24. The predicted octanol–water partition coefficient (Wildman–Crippen LogP) is 1.18. The van der Waals surface area contributed by atoms with E-state index >= 15 is 0 Å². The molecule has 0 aromatic rings. The van der Waals surface area contributed by atoms with Crippen molar-refractivity contribution in [2.24, 2.45) is 0 Å². The molecule has 0 aliphatic rings. The van der Waals surface area contributed by atoms with E-state index in [9.17, 15) is 13.2 Å². The van der Waals surface area contributed by atoms with E-state index in [1.165, 1.54) is 6.92 Å². The number of carbonyl (C=O) groups is 1. The molecule has 0 aromatic carbocycles. The number of sulfone groups is 1. The Bertz CT molecular complexity index is 251. The van der Waals surface area contributed by atoms with Gasteiger partial charge in [0.1, 0.15) is 11.0 Å². The number of hydrogen-bond donors (Lipinski definition) is 0. The van der Waals surface area contributed by atoms with Crippen molar-refractivity contribution in [2.75, 3.05) is 0 Å². The first-order valence-corrected chi connectivity index (χ1v) is 5.70. The highest BCUT2D eigenvalue weighted by molar-refractivity contribution is 7.93. The zero-order valence-corrected chi connectivity index (χ0v) is 8.81. The third-order valence-electron chi connectivity index (χ3n) is 1.95. The molecule has 0 aliphatic carbocycles. The van der Waals surface area contributed by atoms with Gasteiger partial charge in [-0.05, 0) is 20.8 Å². The minimum atomic E-state index is -3.24. The molecule has 0 amide bonds. The largest absolute Gasteiger partial charge is 0.298 e. The van der Waals surface area contributed by atoms with Crippen LogP contribution in [0.15, 0.2) is 0 Å². The van der Waals surface area contributed by atoms with Crippen LogP contribution in [0.2, 0.25) is 0 Å². The van der Waals surface area contributed by atoms with Crippen molar-refractivity contribution in [3.63, 3.8) is 0 Å². The molecular weight excluding hydrogens is 176 g/mol. The Morgan fingerprint density at radius 1 is 1.25 bits per heavy atom. The number of carbonyl (C=O) groups excluding carboxylic acids is 1. The molecule has 72 valence electrons. The molecular formula is C8H16O3S. The topological polar surface area (TPSA) is 51.2 Å². The fraction of sp³-hybridized carbons (Fsp3) is 0.875. The minimum Gasteiger partial charge on any atom is -0.298 e. The Balaban J connectivity index is 4.70. The Hall–Kier alpha value is -0.380. The van der Waals surface area contributed by atoms with Gasteiger partial charge in [0.2, 0.25) is 0 Å². The Morgan fingerprint density at radius 3 is 1.92 bits per heavy atom. The molecule has 3 nitrogen and oxygen atoms in total. The van der Waals surface area contributed by atoms with Crippen LogP contribution in [-0.4, -0.2) is 24.7 Å². The van der Waals surface area contributed by atoms with E-state index in [-0.39, 0.29) is 12.2 Å². The van der Waals surface area contributed by atoms with Gasteiger partial charge in [0, 0.05) is 6.42 Å². The monoisotopic (exact) mass is 192 g/mol. The molecule has 1 atom stereocenters. The normalized spacial score (nSPS) is 14.8. The van der Waals surface area contributed by atoms with Crippen LogP contribution in [0.4, 0.5) is 0 Å². The molecule has 0 rings (SSSR count). The number of hydrogen-bond acceptors (Lipinski definition) is 3. The fourth-order valence-corrected chi connectivity index (χ4v) is 2.23. The van der Waals surface area contributed by atoms with Gasteiger partial charge in [0.05, 0.1) is 5.25 Å². The van der Waals surface area contributed by atoms with Crippen molar-refractivity contribution >= 4 is 15.6 Å². The number of Topliss-reactive ketones (excluding diaryl/α,β-unsaturated/α-hetero) is 1. The van der Waals surface area contributed by atoms with Gasteiger partial charge >= 0.3 is 0 Å². The van der Waals surface area contributed by atoms with Crippen molar-refractivity contribution < 1.29 is 13.2 Å². The van der Waals surface area contributed by atoms with E-state index in [1.807, 2.05) is 0 Å². The summed E-state index contributed by atoms with van der Waals surface area (Å²) in [5.74, 6) is -0.205. The second kappa shape index (κ2) is 4.03. The summed E-state index contributed by atoms with van der Waals surface area (Å²) in [6, 6.07) is 0. The van der Waals surface area contributed by atoms with Gasteiger partial charge < -0.3 is 0 Å². The maximum atomic E-state index is 11.4. The van der Waals surface area contributed by atoms with E-state index in [0.29, 0.717) is 0 Å². The molecule has 0 saturated carbocycles. The molecule has 0 radical (unpaired) electrons. The lowest BCUT2D eigenvalue weighted by Crippen LogP contribution is -2.32. The summed E-state index contributed by atoms with van der Waals surface area (Å²) in [6.07, 6.45) is 0.285. The van der Waals surface area contributed by atoms with Gasteiger partial charge in [0.15, 0.2) is 9.84 Å². The average molecular weight is 192 g/mol. The van der Waals surface area contributed by atoms with Crippen molar-refractivity contribution in [1.29, 1.82) is 0 Å². The van der Waals surface area contributed by atoms with Crippen LogP contribution in [-0.2, 0) is 14.6 Å². The summed E-state index contributed by atoms with van der Waals surface area (Å²) >= 11 is 0. The van der Waals surface area contributed by atoms with E-state index in [2.05, 4.69) is 0 Å². The highest BCUT2D eigenvalue weighted by atomic mass is 32.2. The zero-order valence-electron chi connectivity index (χ0n) is 7.99. The molecule has 0 aliphatic heterocycles. The molecule has 12 heavy (non-hydrogen) atoms.